The fourth-order valence-corrected chi connectivity index (χ4v) is 3.55. The zero-order chi connectivity index (χ0) is 21.1. The zero-order valence-electron chi connectivity index (χ0n) is 15.9. The van der Waals surface area contributed by atoms with Crippen molar-refractivity contribution in [3.8, 4) is 11.3 Å². The summed E-state index contributed by atoms with van der Waals surface area (Å²) in [5, 5.41) is 9.87. The monoisotopic (exact) mass is 414 g/mol. The number of hydrogen-bond donors (Lipinski definition) is 3. The molecular weight excluding hydrogens is 395 g/mol. The summed E-state index contributed by atoms with van der Waals surface area (Å²) in [6.45, 7) is 3.60. The number of aromatic amines is 1. The van der Waals surface area contributed by atoms with Crippen LogP contribution in [0.15, 0.2) is 42.6 Å². The molecule has 6 nitrogen and oxygen atoms in total. The van der Waals surface area contributed by atoms with Crippen LogP contribution in [0, 0.1) is 19.7 Å². The van der Waals surface area contributed by atoms with Crippen molar-refractivity contribution in [2.75, 3.05) is 0 Å². The summed E-state index contributed by atoms with van der Waals surface area (Å²) in [6.07, 6.45) is 1.21. The van der Waals surface area contributed by atoms with E-state index in [1.807, 2.05) is 13.0 Å². The van der Waals surface area contributed by atoms with Gasteiger partial charge < -0.3 is 11.1 Å². The molecule has 4 N–H and O–H groups in total. The number of aryl methyl sites for hydroxylation is 2. The van der Waals surface area contributed by atoms with E-state index in [2.05, 4.69) is 15.5 Å². The van der Waals surface area contributed by atoms with E-state index in [-0.39, 0.29) is 23.2 Å². The Bertz CT molecular complexity index is 1040. The van der Waals surface area contributed by atoms with Crippen molar-refractivity contribution in [1.82, 2.24) is 15.5 Å². The third-order valence-electron chi connectivity index (χ3n) is 4.53. The number of carbonyl (C=O) groups is 2. The summed E-state index contributed by atoms with van der Waals surface area (Å²) < 4.78 is 14.4. The second kappa shape index (κ2) is 8.45. The molecule has 29 heavy (non-hydrogen) atoms. The molecular formula is C21H20ClFN4O2. The standard InChI is InChI=1S/C21H20ClFN4O2/c1-11-6-13(8-14(22)7-11)17(9-18(24)28)26-21(29)15-10-25-27-20(15)19-12(2)4-3-5-16(19)23/h3-8,10,17H,9H2,1-2H3,(H2,24,28)(H,25,27)(H,26,29)/t17-/m0/s1. The second-order valence-corrected chi connectivity index (χ2v) is 7.29. The lowest BCUT2D eigenvalue weighted by molar-refractivity contribution is -0.118. The van der Waals surface area contributed by atoms with Gasteiger partial charge in [0.05, 0.1) is 29.9 Å². The number of H-pyrrole nitrogens is 1. The highest BCUT2D eigenvalue weighted by molar-refractivity contribution is 6.30. The summed E-state index contributed by atoms with van der Waals surface area (Å²) in [7, 11) is 0. The predicted octanol–water partition coefficient (Wildman–Crippen LogP) is 3.83. The average molecular weight is 415 g/mol. The molecule has 0 aliphatic rings. The van der Waals surface area contributed by atoms with Crippen molar-refractivity contribution in [3.63, 3.8) is 0 Å². The van der Waals surface area contributed by atoms with Gasteiger partial charge in [-0.1, -0.05) is 29.8 Å². The predicted molar refractivity (Wildman–Crippen MR) is 109 cm³/mol. The summed E-state index contributed by atoms with van der Waals surface area (Å²) >= 11 is 6.12. The van der Waals surface area contributed by atoms with Gasteiger partial charge in [-0.05, 0) is 48.7 Å². The Morgan fingerprint density at radius 3 is 2.69 bits per heavy atom. The molecule has 0 unspecified atom stereocenters. The molecule has 1 aromatic heterocycles. The van der Waals surface area contributed by atoms with E-state index in [9.17, 15) is 14.0 Å². The van der Waals surface area contributed by atoms with E-state index >= 15 is 0 Å². The molecule has 0 aliphatic heterocycles. The van der Waals surface area contributed by atoms with Gasteiger partial charge in [0.1, 0.15) is 5.82 Å². The van der Waals surface area contributed by atoms with Gasteiger partial charge in [0.15, 0.2) is 0 Å². The topological polar surface area (TPSA) is 101 Å². The maximum atomic E-state index is 14.4. The molecule has 0 saturated carbocycles. The Hall–Kier alpha value is -3.19. The minimum Gasteiger partial charge on any atom is -0.370 e. The number of nitrogens with two attached hydrogens (primary N) is 1. The molecule has 3 aromatic rings. The summed E-state index contributed by atoms with van der Waals surface area (Å²) in [6, 6.07) is 9.21. The van der Waals surface area contributed by atoms with E-state index in [1.54, 1.807) is 31.2 Å². The summed E-state index contributed by atoms with van der Waals surface area (Å²) in [4.78, 5) is 24.5. The molecule has 3 rings (SSSR count). The van der Waals surface area contributed by atoms with Crippen LogP contribution in [-0.4, -0.2) is 22.0 Å². The van der Waals surface area contributed by atoms with Gasteiger partial charge in [-0.2, -0.15) is 5.10 Å². The average Bonchev–Trinajstić information content (AvgIpc) is 3.09. The number of nitrogens with zero attached hydrogens (tertiary/aromatic N) is 1. The van der Waals surface area contributed by atoms with Crippen LogP contribution in [0.2, 0.25) is 5.02 Å². The summed E-state index contributed by atoms with van der Waals surface area (Å²) in [5.74, 6) is -1.56. The van der Waals surface area contributed by atoms with E-state index in [0.717, 1.165) is 5.56 Å². The first-order valence-electron chi connectivity index (χ1n) is 8.91. The molecule has 0 fully saturated rings. The van der Waals surface area contributed by atoms with Crippen LogP contribution in [0.1, 0.15) is 39.5 Å². The van der Waals surface area contributed by atoms with Gasteiger partial charge in [0.2, 0.25) is 5.91 Å². The first-order chi connectivity index (χ1) is 13.8. The number of halogens is 2. The van der Waals surface area contributed by atoms with Gasteiger partial charge in [-0.15, -0.1) is 0 Å². The third kappa shape index (κ3) is 4.63. The van der Waals surface area contributed by atoms with Crippen molar-refractivity contribution in [2.45, 2.75) is 26.3 Å². The van der Waals surface area contributed by atoms with Gasteiger partial charge in [-0.3, -0.25) is 14.7 Å². The lowest BCUT2D eigenvalue weighted by Gasteiger charge is -2.19. The van der Waals surface area contributed by atoms with Crippen molar-refractivity contribution < 1.29 is 14.0 Å². The maximum absolute atomic E-state index is 14.4. The molecule has 8 heteroatoms. The molecule has 0 saturated heterocycles. The van der Waals surface area contributed by atoms with Gasteiger partial charge in [0.25, 0.3) is 5.91 Å². The Morgan fingerprint density at radius 2 is 2.03 bits per heavy atom. The van der Waals surface area contributed by atoms with E-state index in [1.165, 1.54) is 12.3 Å². The Labute approximate surface area is 172 Å². The molecule has 0 bridgehead atoms. The molecule has 0 spiro atoms. The Kier molecular flexibility index (Phi) is 5.98. The van der Waals surface area contributed by atoms with Crippen LogP contribution in [0.4, 0.5) is 4.39 Å². The Balaban J connectivity index is 1.96. The van der Waals surface area contributed by atoms with Crippen LogP contribution < -0.4 is 11.1 Å². The highest BCUT2D eigenvalue weighted by atomic mass is 35.5. The Morgan fingerprint density at radius 1 is 1.28 bits per heavy atom. The molecule has 0 aliphatic carbocycles. The lowest BCUT2D eigenvalue weighted by Crippen LogP contribution is -2.32. The SMILES string of the molecule is Cc1cc(Cl)cc([C@H](CC(N)=O)NC(=O)c2cn[nH]c2-c2c(C)cccc2F)c1. The van der Waals surface area contributed by atoms with Gasteiger partial charge in [0, 0.05) is 10.6 Å². The lowest BCUT2D eigenvalue weighted by atomic mass is 9.99. The van der Waals surface area contributed by atoms with Crippen molar-refractivity contribution in [2.24, 2.45) is 5.73 Å². The van der Waals surface area contributed by atoms with Crippen LogP contribution >= 0.6 is 11.6 Å². The number of amides is 2. The third-order valence-corrected chi connectivity index (χ3v) is 4.75. The largest absolute Gasteiger partial charge is 0.370 e. The smallest absolute Gasteiger partial charge is 0.255 e. The number of benzene rings is 2. The minimum absolute atomic E-state index is 0.114. The fourth-order valence-electron chi connectivity index (χ4n) is 3.25. The van der Waals surface area contributed by atoms with Gasteiger partial charge in [-0.25, -0.2) is 4.39 Å². The van der Waals surface area contributed by atoms with Crippen molar-refractivity contribution in [3.05, 3.63) is 75.7 Å². The van der Waals surface area contributed by atoms with Crippen LogP contribution in [-0.2, 0) is 4.79 Å². The van der Waals surface area contributed by atoms with E-state index in [4.69, 9.17) is 17.3 Å². The normalized spacial score (nSPS) is 11.9. The van der Waals surface area contributed by atoms with Crippen LogP contribution in [0.5, 0.6) is 0 Å². The van der Waals surface area contributed by atoms with Crippen LogP contribution in [0.3, 0.4) is 0 Å². The van der Waals surface area contributed by atoms with E-state index in [0.29, 0.717) is 16.1 Å². The number of nitrogens with one attached hydrogen (secondary N) is 2. The molecule has 1 heterocycles. The zero-order valence-corrected chi connectivity index (χ0v) is 16.7. The number of hydrogen-bond acceptors (Lipinski definition) is 3. The molecule has 1 atom stereocenters. The second-order valence-electron chi connectivity index (χ2n) is 6.85. The van der Waals surface area contributed by atoms with Crippen molar-refractivity contribution >= 4 is 23.4 Å². The number of rotatable bonds is 6. The molecule has 2 amide bonds. The summed E-state index contributed by atoms with van der Waals surface area (Å²) in [5.41, 5.74) is 8.24. The minimum atomic E-state index is -0.693. The molecule has 0 radical (unpaired) electrons. The van der Waals surface area contributed by atoms with Gasteiger partial charge >= 0.3 is 0 Å². The quantitative estimate of drug-likeness (QED) is 0.571. The van der Waals surface area contributed by atoms with Crippen molar-refractivity contribution in [1.29, 1.82) is 0 Å². The molecule has 150 valence electrons. The number of aromatic nitrogens is 2. The first-order valence-corrected chi connectivity index (χ1v) is 9.29. The first kappa shape index (κ1) is 20.5. The highest BCUT2D eigenvalue weighted by Crippen LogP contribution is 2.29. The fraction of sp³-hybridized carbons (Fsp3) is 0.190. The highest BCUT2D eigenvalue weighted by Gasteiger charge is 2.23. The molecule has 2 aromatic carbocycles. The number of carbonyl (C=O) groups excluding carboxylic acids is 2. The van der Waals surface area contributed by atoms with E-state index < -0.39 is 23.7 Å². The van der Waals surface area contributed by atoms with Crippen LogP contribution in [0.25, 0.3) is 11.3 Å². The maximum Gasteiger partial charge on any atom is 0.255 e. The number of primary amides is 1.